The van der Waals surface area contributed by atoms with Crippen molar-refractivity contribution in [1.29, 1.82) is 0 Å². The monoisotopic (exact) mass is 436 g/mol. The van der Waals surface area contributed by atoms with Crippen molar-refractivity contribution in [3.63, 3.8) is 0 Å². The van der Waals surface area contributed by atoms with Crippen molar-refractivity contribution in [1.82, 2.24) is 5.32 Å². The fourth-order valence-corrected chi connectivity index (χ4v) is 4.02. The Labute approximate surface area is 177 Å². The molecule has 2 rings (SSSR count). The Balaban J connectivity index is 2.05. The number of amides is 1. The fourth-order valence-electron chi connectivity index (χ4n) is 2.85. The average Bonchev–Trinajstić information content (AvgIpc) is 2.71. The molecule has 0 aliphatic heterocycles. The van der Waals surface area contributed by atoms with Crippen LogP contribution in [0.3, 0.4) is 0 Å². The summed E-state index contributed by atoms with van der Waals surface area (Å²) in [5.41, 5.74) is 0.349. The van der Waals surface area contributed by atoms with E-state index in [4.69, 9.17) is 14.2 Å². The first-order valence-electron chi connectivity index (χ1n) is 9.36. The molecule has 0 fully saturated rings. The maximum Gasteiger partial charge on any atom is 0.243 e. The van der Waals surface area contributed by atoms with E-state index in [-0.39, 0.29) is 12.6 Å². The molecule has 0 aromatic heterocycles. The van der Waals surface area contributed by atoms with Crippen LogP contribution in [0.2, 0.25) is 0 Å². The summed E-state index contributed by atoms with van der Waals surface area (Å²) in [4.78, 5) is 12.7. The summed E-state index contributed by atoms with van der Waals surface area (Å²) in [7, 11) is -0.637. The SMILES string of the molecule is COc1ccc(OC[C@@H](C)NC(=O)[C@H](C)N(c2cccc(OC)c2)S(C)(=O)=O)cc1. The lowest BCUT2D eigenvalue weighted by Gasteiger charge is -2.29. The first-order chi connectivity index (χ1) is 14.2. The summed E-state index contributed by atoms with van der Waals surface area (Å²) >= 11 is 0. The molecule has 1 N–H and O–H groups in total. The van der Waals surface area contributed by atoms with E-state index >= 15 is 0 Å². The molecule has 0 radical (unpaired) electrons. The minimum atomic E-state index is -3.71. The smallest absolute Gasteiger partial charge is 0.243 e. The van der Waals surface area contributed by atoms with Crippen LogP contribution in [-0.4, -0.2) is 53.5 Å². The van der Waals surface area contributed by atoms with Crippen LogP contribution in [0, 0.1) is 0 Å². The van der Waals surface area contributed by atoms with E-state index < -0.39 is 22.0 Å². The summed E-state index contributed by atoms with van der Waals surface area (Å²) in [6, 6.07) is 12.3. The summed E-state index contributed by atoms with van der Waals surface area (Å²) in [6.45, 7) is 3.54. The minimum absolute atomic E-state index is 0.225. The van der Waals surface area contributed by atoms with Crippen molar-refractivity contribution in [2.24, 2.45) is 0 Å². The molecular weight excluding hydrogens is 408 g/mol. The van der Waals surface area contributed by atoms with Crippen LogP contribution in [0.4, 0.5) is 5.69 Å². The molecule has 0 heterocycles. The third-order valence-electron chi connectivity index (χ3n) is 4.34. The Bertz CT molecular complexity index is 946. The number of nitrogens with zero attached hydrogens (tertiary/aromatic N) is 1. The maximum absolute atomic E-state index is 12.7. The van der Waals surface area contributed by atoms with Crippen molar-refractivity contribution >= 4 is 21.6 Å². The summed E-state index contributed by atoms with van der Waals surface area (Å²) in [6.07, 6.45) is 1.06. The van der Waals surface area contributed by atoms with Crippen LogP contribution >= 0.6 is 0 Å². The molecule has 0 saturated heterocycles. The number of hydrogen-bond acceptors (Lipinski definition) is 6. The van der Waals surface area contributed by atoms with Gasteiger partial charge < -0.3 is 19.5 Å². The number of methoxy groups -OCH3 is 2. The van der Waals surface area contributed by atoms with Crippen LogP contribution in [0.5, 0.6) is 17.2 Å². The third-order valence-corrected chi connectivity index (χ3v) is 5.59. The average molecular weight is 437 g/mol. The molecule has 2 aromatic carbocycles. The van der Waals surface area contributed by atoms with Crippen LogP contribution in [-0.2, 0) is 14.8 Å². The molecule has 2 aromatic rings. The van der Waals surface area contributed by atoms with Crippen molar-refractivity contribution in [3.05, 3.63) is 48.5 Å². The molecule has 0 aliphatic carbocycles. The number of ether oxygens (including phenoxy) is 3. The maximum atomic E-state index is 12.7. The lowest BCUT2D eigenvalue weighted by molar-refractivity contribution is -0.122. The lowest BCUT2D eigenvalue weighted by atomic mass is 10.2. The van der Waals surface area contributed by atoms with Crippen LogP contribution in [0.1, 0.15) is 13.8 Å². The molecule has 1 amide bonds. The van der Waals surface area contributed by atoms with E-state index in [0.717, 1.165) is 16.3 Å². The zero-order valence-electron chi connectivity index (χ0n) is 17.8. The zero-order valence-corrected chi connectivity index (χ0v) is 18.6. The molecule has 2 atom stereocenters. The van der Waals surface area contributed by atoms with Gasteiger partial charge in [0, 0.05) is 6.07 Å². The molecule has 30 heavy (non-hydrogen) atoms. The standard InChI is InChI=1S/C21H28N2O6S/c1-15(14-29-19-11-9-18(27-3)10-12-19)22-21(24)16(2)23(30(5,25)26)17-7-6-8-20(13-17)28-4/h6-13,15-16H,14H2,1-5H3,(H,22,24)/t15-,16+/m1/s1. The lowest BCUT2D eigenvalue weighted by Crippen LogP contribution is -2.50. The first kappa shape index (κ1) is 23.3. The first-order valence-corrected chi connectivity index (χ1v) is 11.2. The van der Waals surface area contributed by atoms with Gasteiger partial charge in [-0.3, -0.25) is 9.10 Å². The van der Waals surface area contributed by atoms with Crippen LogP contribution in [0.25, 0.3) is 0 Å². The summed E-state index contributed by atoms with van der Waals surface area (Å²) < 4.78 is 41.8. The molecule has 0 unspecified atom stereocenters. The van der Waals surface area contributed by atoms with Gasteiger partial charge in [0.15, 0.2) is 0 Å². The van der Waals surface area contributed by atoms with E-state index in [1.807, 2.05) is 0 Å². The van der Waals surface area contributed by atoms with Gasteiger partial charge in [0.2, 0.25) is 15.9 Å². The second kappa shape index (κ2) is 10.2. The minimum Gasteiger partial charge on any atom is -0.497 e. The van der Waals surface area contributed by atoms with E-state index in [1.54, 1.807) is 62.6 Å². The predicted octanol–water partition coefficient (Wildman–Crippen LogP) is 2.44. The largest absolute Gasteiger partial charge is 0.497 e. The summed E-state index contributed by atoms with van der Waals surface area (Å²) in [5, 5.41) is 2.80. The molecule has 164 valence electrons. The van der Waals surface area contributed by atoms with Gasteiger partial charge in [-0.05, 0) is 50.2 Å². The number of carbonyl (C=O) groups excluding carboxylic acids is 1. The van der Waals surface area contributed by atoms with Gasteiger partial charge in [0.05, 0.1) is 32.2 Å². The molecule has 9 heteroatoms. The molecule has 0 aliphatic rings. The topological polar surface area (TPSA) is 94.2 Å². The van der Waals surface area contributed by atoms with Gasteiger partial charge in [-0.15, -0.1) is 0 Å². The second-order valence-electron chi connectivity index (χ2n) is 6.83. The Morgan fingerprint density at radius 3 is 2.17 bits per heavy atom. The molecule has 8 nitrogen and oxygen atoms in total. The number of hydrogen-bond donors (Lipinski definition) is 1. The third kappa shape index (κ3) is 6.28. The second-order valence-corrected chi connectivity index (χ2v) is 8.69. The summed E-state index contributed by atoms with van der Waals surface area (Å²) in [5.74, 6) is 1.42. The number of anilines is 1. The van der Waals surface area contributed by atoms with Crippen molar-refractivity contribution in [2.45, 2.75) is 25.9 Å². The number of carbonyl (C=O) groups is 1. The van der Waals surface area contributed by atoms with Gasteiger partial charge in [-0.1, -0.05) is 6.07 Å². The highest BCUT2D eigenvalue weighted by Gasteiger charge is 2.30. The Morgan fingerprint density at radius 2 is 1.60 bits per heavy atom. The van der Waals surface area contributed by atoms with Gasteiger partial charge in [-0.2, -0.15) is 0 Å². The zero-order chi connectivity index (χ0) is 22.3. The normalized spacial score (nSPS) is 13.1. The quantitative estimate of drug-likeness (QED) is 0.615. The van der Waals surface area contributed by atoms with Crippen molar-refractivity contribution in [2.75, 3.05) is 31.4 Å². The number of rotatable bonds is 10. The molecule has 0 spiro atoms. The number of benzene rings is 2. The highest BCUT2D eigenvalue weighted by molar-refractivity contribution is 7.92. The highest BCUT2D eigenvalue weighted by atomic mass is 32.2. The van der Waals surface area contributed by atoms with Gasteiger partial charge in [0.1, 0.15) is 29.9 Å². The van der Waals surface area contributed by atoms with Crippen LogP contribution < -0.4 is 23.8 Å². The molecule has 0 saturated carbocycles. The van der Waals surface area contributed by atoms with E-state index in [1.165, 1.54) is 14.0 Å². The van der Waals surface area contributed by atoms with Gasteiger partial charge >= 0.3 is 0 Å². The van der Waals surface area contributed by atoms with E-state index in [2.05, 4.69) is 5.32 Å². The molecular formula is C21H28N2O6S. The Morgan fingerprint density at radius 1 is 1.00 bits per heavy atom. The number of sulfonamides is 1. The number of nitrogens with one attached hydrogen (secondary N) is 1. The Kier molecular flexibility index (Phi) is 7.93. The highest BCUT2D eigenvalue weighted by Crippen LogP contribution is 2.25. The molecule has 0 bridgehead atoms. The van der Waals surface area contributed by atoms with E-state index in [9.17, 15) is 13.2 Å². The Hall–Kier alpha value is -2.94. The van der Waals surface area contributed by atoms with Crippen molar-refractivity contribution < 1.29 is 27.4 Å². The van der Waals surface area contributed by atoms with Gasteiger partial charge in [-0.25, -0.2) is 8.42 Å². The van der Waals surface area contributed by atoms with Crippen LogP contribution in [0.15, 0.2) is 48.5 Å². The fraction of sp³-hybridized carbons (Fsp3) is 0.381. The van der Waals surface area contributed by atoms with E-state index in [0.29, 0.717) is 17.2 Å². The van der Waals surface area contributed by atoms with Crippen molar-refractivity contribution in [3.8, 4) is 17.2 Å². The van der Waals surface area contributed by atoms with Gasteiger partial charge in [0.25, 0.3) is 0 Å². The predicted molar refractivity (Wildman–Crippen MR) is 116 cm³/mol.